The molecule has 0 spiro atoms. The zero-order valence-electron chi connectivity index (χ0n) is 16.5. The molecule has 1 amide bonds. The lowest BCUT2D eigenvalue weighted by atomic mass is 9.98. The van der Waals surface area contributed by atoms with E-state index < -0.39 is 38.4 Å². The maximum Gasteiger partial charge on any atom is 0.309 e. The summed E-state index contributed by atoms with van der Waals surface area (Å²) < 4.78 is 53.1. The third-order valence-electron chi connectivity index (χ3n) is 5.32. The minimum absolute atomic E-state index is 0.0413. The number of ether oxygens (including phenoxy) is 1. The molecule has 0 aromatic rings. The predicted molar refractivity (Wildman–Crippen MR) is 104 cm³/mol. The molecule has 0 N–H and O–H groups in total. The zero-order chi connectivity index (χ0) is 20.9. The number of carbonyl (C=O) groups excluding carboxylic acids is 2. The van der Waals surface area contributed by atoms with Crippen molar-refractivity contribution >= 4 is 31.7 Å². The van der Waals surface area contributed by atoms with Gasteiger partial charge in [-0.15, -0.1) is 0 Å². The average Bonchev–Trinajstić information content (AvgIpc) is 2.99. The van der Waals surface area contributed by atoms with Crippen LogP contribution in [0.2, 0.25) is 0 Å². The van der Waals surface area contributed by atoms with Crippen LogP contribution in [0.1, 0.15) is 39.0 Å². The summed E-state index contributed by atoms with van der Waals surface area (Å²) in [5.41, 5.74) is 0. The summed E-state index contributed by atoms with van der Waals surface area (Å²) in [4.78, 5) is 26.4. The first-order valence-corrected chi connectivity index (χ1v) is 13.3. The van der Waals surface area contributed by atoms with E-state index in [-0.39, 0.29) is 36.5 Å². The van der Waals surface area contributed by atoms with Crippen molar-refractivity contribution < 1.29 is 31.2 Å². The molecule has 2 aliphatic heterocycles. The number of amides is 1. The Bertz CT molecular complexity index is 771. The molecule has 9 nitrogen and oxygen atoms in total. The molecule has 0 aliphatic carbocycles. The highest BCUT2D eigenvalue weighted by molar-refractivity contribution is 7.91. The van der Waals surface area contributed by atoms with Crippen molar-refractivity contribution in [1.29, 1.82) is 0 Å². The molecule has 2 rings (SSSR count). The summed E-state index contributed by atoms with van der Waals surface area (Å²) in [6, 6.07) is -0.360. The van der Waals surface area contributed by atoms with E-state index in [0.29, 0.717) is 25.8 Å². The molecule has 0 bridgehead atoms. The maximum atomic E-state index is 12.6. The van der Waals surface area contributed by atoms with Gasteiger partial charge in [-0.05, 0) is 25.7 Å². The number of sulfone groups is 1. The van der Waals surface area contributed by atoms with E-state index in [9.17, 15) is 26.4 Å². The van der Waals surface area contributed by atoms with Gasteiger partial charge in [0.1, 0.15) is 0 Å². The number of esters is 1. The van der Waals surface area contributed by atoms with Gasteiger partial charge in [0.15, 0.2) is 16.4 Å². The molecule has 162 valence electrons. The Hall–Kier alpha value is -1.20. The third-order valence-corrected chi connectivity index (χ3v) is 8.37. The van der Waals surface area contributed by atoms with Crippen molar-refractivity contribution in [2.45, 2.75) is 45.1 Å². The van der Waals surface area contributed by atoms with Gasteiger partial charge in [0, 0.05) is 25.7 Å². The number of piperidine rings is 1. The number of unbranched alkanes of at least 4 members (excludes halogenated alkanes) is 1. The molecule has 0 aromatic carbocycles. The predicted octanol–water partition coefficient (Wildman–Crippen LogP) is 0.0170. The lowest BCUT2D eigenvalue weighted by molar-refractivity contribution is -0.157. The fourth-order valence-corrected chi connectivity index (χ4v) is 6.22. The van der Waals surface area contributed by atoms with Crippen LogP contribution in [-0.4, -0.2) is 88.0 Å². The lowest BCUT2D eigenvalue weighted by Crippen LogP contribution is -2.44. The van der Waals surface area contributed by atoms with E-state index >= 15 is 0 Å². The van der Waals surface area contributed by atoms with Gasteiger partial charge < -0.3 is 9.64 Å². The molecule has 2 fully saturated rings. The second-order valence-electron chi connectivity index (χ2n) is 7.54. The summed E-state index contributed by atoms with van der Waals surface area (Å²) in [6.07, 6.45) is 3.89. The molecule has 28 heavy (non-hydrogen) atoms. The molecule has 11 heteroatoms. The Labute approximate surface area is 167 Å². The Morgan fingerprint density at radius 1 is 1.18 bits per heavy atom. The summed E-state index contributed by atoms with van der Waals surface area (Å²) in [5.74, 6) is -1.28. The first kappa shape index (κ1) is 23.1. The van der Waals surface area contributed by atoms with Gasteiger partial charge in [0.05, 0.1) is 23.7 Å². The van der Waals surface area contributed by atoms with Gasteiger partial charge >= 0.3 is 5.97 Å². The van der Waals surface area contributed by atoms with Crippen LogP contribution in [0.15, 0.2) is 0 Å². The fraction of sp³-hybridized carbons (Fsp3) is 0.882. The third kappa shape index (κ3) is 6.41. The van der Waals surface area contributed by atoms with Crippen molar-refractivity contribution in [3.05, 3.63) is 0 Å². The first-order valence-electron chi connectivity index (χ1n) is 9.65. The van der Waals surface area contributed by atoms with E-state index in [2.05, 4.69) is 0 Å². The smallest absolute Gasteiger partial charge is 0.309 e. The molecule has 1 atom stereocenters. The normalized spacial score (nSPS) is 23.4. The molecule has 2 aliphatic rings. The van der Waals surface area contributed by atoms with Gasteiger partial charge in [-0.25, -0.2) is 21.1 Å². The highest BCUT2D eigenvalue weighted by Crippen LogP contribution is 2.21. The Balaban J connectivity index is 1.87. The highest BCUT2D eigenvalue weighted by Gasteiger charge is 2.35. The summed E-state index contributed by atoms with van der Waals surface area (Å²) in [7, 11) is -6.39. The second kappa shape index (κ2) is 9.53. The first-order chi connectivity index (χ1) is 13.0. The molecule has 0 saturated carbocycles. The van der Waals surface area contributed by atoms with Gasteiger partial charge in [0.2, 0.25) is 10.0 Å². The van der Waals surface area contributed by atoms with Gasteiger partial charge in [-0.1, -0.05) is 13.3 Å². The molecular formula is C17H30N2O7S2. The molecule has 2 saturated heterocycles. The Morgan fingerprint density at radius 3 is 2.32 bits per heavy atom. The largest absolute Gasteiger partial charge is 0.455 e. The number of nitrogens with zero attached hydrogens (tertiary/aromatic N) is 2. The molecule has 0 radical (unpaired) electrons. The second-order valence-corrected chi connectivity index (χ2v) is 11.8. The highest BCUT2D eigenvalue weighted by atomic mass is 32.2. The van der Waals surface area contributed by atoms with Crippen LogP contribution in [0.5, 0.6) is 0 Å². The molecule has 1 unspecified atom stereocenters. The van der Waals surface area contributed by atoms with Crippen molar-refractivity contribution in [3.8, 4) is 0 Å². The number of hydrogen-bond donors (Lipinski definition) is 0. The van der Waals surface area contributed by atoms with Crippen LogP contribution in [0.4, 0.5) is 0 Å². The van der Waals surface area contributed by atoms with E-state index in [1.54, 1.807) is 0 Å². The van der Waals surface area contributed by atoms with Crippen molar-refractivity contribution in [1.82, 2.24) is 9.21 Å². The average molecular weight is 439 g/mol. The van der Waals surface area contributed by atoms with Crippen molar-refractivity contribution in [2.24, 2.45) is 5.92 Å². The van der Waals surface area contributed by atoms with Crippen molar-refractivity contribution in [3.63, 3.8) is 0 Å². The molecule has 2 heterocycles. The Morgan fingerprint density at radius 2 is 1.82 bits per heavy atom. The van der Waals surface area contributed by atoms with Gasteiger partial charge in [-0.3, -0.25) is 9.59 Å². The number of carbonyl (C=O) groups is 2. The summed E-state index contributed by atoms with van der Waals surface area (Å²) in [6.45, 7) is 2.53. The summed E-state index contributed by atoms with van der Waals surface area (Å²) in [5, 5.41) is 0. The summed E-state index contributed by atoms with van der Waals surface area (Å²) >= 11 is 0. The van der Waals surface area contributed by atoms with E-state index in [1.165, 1.54) is 9.21 Å². The van der Waals surface area contributed by atoms with Crippen LogP contribution in [0, 0.1) is 5.92 Å². The van der Waals surface area contributed by atoms with E-state index in [0.717, 1.165) is 19.1 Å². The van der Waals surface area contributed by atoms with Gasteiger partial charge in [0.25, 0.3) is 5.91 Å². The van der Waals surface area contributed by atoms with E-state index in [1.807, 2.05) is 6.92 Å². The zero-order valence-corrected chi connectivity index (χ0v) is 18.1. The minimum Gasteiger partial charge on any atom is -0.455 e. The SMILES string of the molecule is CCCCN(C(=O)COC(=O)C1CCN(S(C)(=O)=O)CC1)C1CCS(=O)(=O)C1. The number of rotatable bonds is 8. The maximum absolute atomic E-state index is 12.6. The van der Waals surface area contributed by atoms with Crippen LogP contribution in [0.3, 0.4) is 0 Å². The van der Waals surface area contributed by atoms with Crippen LogP contribution < -0.4 is 0 Å². The van der Waals surface area contributed by atoms with E-state index in [4.69, 9.17) is 4.74 Å². The molecular weight excluding hydrogens is 408 g/mol. The number of sulfonamides is 1. The standard InChI is InChI=1S/C17H30N2O7S2/c1-3-4-8-19(15-7-11-28(24,25)13-15)16(20)12-26-17(21)14-5-9-18(10-6-14)27(2,22)23/h14-15H,3-13H2,1-2H3. The van der Waals surface area contributed by atoms with Crippen LogP contribution in [-0.2, 0) is 34.2 Å². The lowest BCUT2D eigenvalue weighted by Gasteiger charge is -2.30. The number of hydrogen-bond acceptors (Lipinski definition) is 7. The van der Waals surface area contributed by atoms with Crippen LogP contribution in [0.25, 0.3) is 0 Å². The van der Waals surface area contributed by atoms with Crippen molar-refractivity contribution in [2.75, 3.05) is 44.0 Å². The molecule has 0 aromatic heterocycles. The minimum atomic E-state index is -3.27. The quantitative estimate of drug-likeness (QED) is 0.490. The fourth-order valence-electron chi connectivity index (χ4n) is 3.62. The Kier molecular flexibility index (Phi) is 7.86. The monoisotopic (exact) mass is 438 g/mol. The van der Waals surface area contributed by atoms with Gasteiger partial charge in [-0.2, -0.15) is 0 Å². The van der Waals surface area contributed by atoms with Crippen LogP contribution >= 0.6 is 0 Å². The topological polar surface area (TPSA) is 118 Å².